The highest BCUT2D eigenvalue weighted by molar-refractivity contribution is 6.18. The van der Waals surface area contributed by atoms with E-state index in [1.165, 1.54) is 38.9 Å². The zero-order chi connectivity index (χ0) is 11.2. The zero-order valence-electron chi connectivity index (χ0n) is 10.0. The van der Waals surface area contributed by atoms with Crippen LogP contribution in [0.1, 0.15) is 19.3 Å². The van der Waals surface area contributed by atoms with Crippen LogP contribution in [0.15, 0.2) is 0 Å². The summed E-state index contributed by atoms with van der Waals surface area (Å²) in [4.78, 5) is 5.08. The maximum Gasteiger partial charge on any atom is 0.0594 e. The SMILES string of the molecule is ClCC1CCCCN1CCN1CCOCC1. The van der Waals surface area contributed by atoms with Crippen LogP contribution in [0, 0.1) is 0 Å². The number of halogens is 1. The van der Waals surface area contributed by atoms with E-state index in [2.05, 4.69) is 9.80 Å². The molecule has 2 saturated heterocycles. The van der Waals surface area contributed by atoms with Crippen molar-refractivity contribution in [3.63, 3.8) is 0 Å². The molecule has 3 nitrogen and oxygen atoms in total. The quantitative estimate of drug-likeness (QED) is 0.698. The molecule has 0 aromatic heterocycles. The highest BCUT2D eigenvalue weighted by Gasteiger charge is 2.22. The summed E-state index contributed by atoms with van der Waals surface area (Å²) in [6, 6.07) is 0.622. The molecule has 0 aromatic carbocycles. The van der Waals surface area contributed by atoms with Gasteiger partial charge in [0.2, 0.25) is 0 Å². The van der Waals surface area contributed by atoms with Gasteiger partial charge in [-0.15, -0.1) is 11.6 Å². The molecular weight excluding hydrogens is 224 g/mol. The van der Waals surface area contributed by atoms with Crippen molar-refractivity contribution in [2.24, 2.45) is 0 Å². The Kier molecular flexibility index (Phi) is 5.36. The summed E-state index contributed by atoms with van der Waals surface area (Å²) in [6.07, 6.45) is 3.98. The van der Waals surface area contributed by atoms with Crippen molar-refractivity contribution in [3.8, 4) is 0 Å². The molecule has 0 saturated carbocycles. The molecule has 2 aliphatic heterocycles. The monoisotopic (exact) mass is 246 g/mol. The number of morpholine rings is 1. The molecule has 2 fully saturated rings. The number of piperidine rings is 1. The lowest BCUT2D eigenvalue weighted by Crippen LogP contribution is -2.46. The molecular formula is C12H23ClN2O. The Bertz CT molecular complexity index is 197. The van der Waals surface area contributed by atoms with Crippen LogP contribution in [0.3, 0.4) is 0 Å². The molecule has 0 aromatic rings. The van der Waals surface area contributed by atoms with E-state index in [4.69, 9.17) is 16.3 Å². The summed E-state index contributed by atoms with van der Waals surface area (Å²) in [7, 11) is 0. The Labute approximate surface area is 104 Å². The van der Waals surface area contributed by atoms with Gasteiger partial charge >= 0.3 is 0 Å². The molecule has 0 spiro atoms. The molecule has 16 heavy (non-hydrogen) atoms. The topological polar surface area (TPSA) is 15.7 Å². The molecule has 2 aliphatic rings. The van der Waals surface area contributed by atoms with Gasteiger partial charge in [-0.25, -0.2) is 0 Å². The fourth-order valence-corrected chi connectivity index (χ4v) is 2.97. The van der Waals surface area contributed by atoms with Crippen molar-refractivity contribution in [3.05, 3.63) is 0 Å². The van der Waals surface area contributed by atoms with Gasteiger partial charge in [-0.3, -0.25) is 9.80 Å². The van der Waals surface area contributed by atoms with E-state index < -0.39 is 0 Å². The number of alkyl halides is 1. The lowest BCUT2D eigenvalue weighted by atomic mass is 10.0. The summed E-state index contributed by atoms with van der Waals surface area (Å²) in [5.74, 6) is 0.795. The van der Waals surface area contributed by atoms with Crippen LogP contribution >= 0.6 is 11.6 Å². The smallest absolute Gasteiger partial charge is 0.0594 e. The molecule has 0 amide bonds. The van der Waals surface area contributed by atoms with Crippen LogP contribution in [0.5, 0.6) is 0 Å². The first kappa shape index (κ1) is 12.6. The van der Waals surface area contributed by atoms with Crippen LogP contribution in [0.2, 0.25) is 0 Å². The molecule has 2 heterocycles. The van der Waals surface area contributed by atoms with Gasteiger partial charge in [0.1, 0.15) is 0 Å². The van der Waals surface area contributed by atoms with Crippen molar-refractivity contribution in [2.45, 2.75) is 25.3 Å². The van der Waals surface area contributed by atoms with Gasteiger partial charge in [-0.05, 0) is 19.4 Å². The summed E-state index contributed by atoms with van der Waals surface area (Å²) >= 11 is 6.02. The Balaban J connectivity index is 1.70. The predicted molar refractivity (Wildman–Crippen MR) is 67.2 cm³/mol. The van der Waals surface area contributed by atoms with Crippen molar-refractivity contribution in [1.82, 2.24) is 9.80 Å². The average Bonchev–Trinajstić information content (AvgIpc) is 2.38. The van der Waals surface area contributed by atoms with Gasteiger partial charge in [0.25, 0.3) is 0 Å². The van der Waals surface area contributed by atoms with Gasteiger partial charge in [-0.1, -0.05) is 6.42 Å². The molecule has 0 N–H and O–H groups in total. The molecule has 4 heteroatoms. The minimum atomic E-state index is 0.622. The normalized spacial score (nSPS) is 29.4. The highest BCUT2D eigenvalue weighted by Crippen LogP contribution is 2.17. The fourth-order valence-electron chi connectivity index (χ4n) is 2.62. The van der Waals surface area contributed by atoms with Gasteiger partial charge < -0.3 is 4.74 Å². The minimum absolute atomic E-state index is 0.622. The lowest BCUT2D eigenvalue weighted by Gasteiger charge is -2.36. The third-order valence-electron chi connectivity index (χ3n) is 3.73. The van der Waals surface area contributed by atoms with E-state index in [0.717, 1.165) is 32.2 Å². The first-order chi connectivity index (χ1) is 7.90. The molecule has 1 atom stereocenters. The Morgan fingerprint density at radius 2 is 1.88 bits per heavy atom. The van der Waals surface area contributed by atoms with E-state index in [9.17, 15) is 0 Å². The maximum absolute atomic E-state index is 6.02. The van der Waals surface area contributed by atoms with Crippen LogP contribution in [-0.4, -0.2) is 67.7 Å². The van der Waals surface area contributed by atoms with E-state index >= 15 is 0 Å². The molecule has 94 valence electrons. The summed E-state index contributed by atoms with van der Waals surface area (Å²) in [6.45, 7) is 7.59. The Morgan fingerprint density at radius 1 is 1.06 bits per heavy atom. The van der Waals surface area contributed by atoms with Gasteiger partial charge in [-0.2, -0.15) is 0 Å². The Hall–Kier alpha value is 0.170. The number of likely N-dealkylation sites (tertiary alicyclic amines) is 1. The third kappa shape index (κ3) is 3.59. The third-order valence-corrected chi connectivity index (χ3v) is 4.09. The van der Waals surface area contributed by atoms with Crippen molar-refractivity contribution >= 4 is 11.6 Å². The number of ether oxygens (including phenoxy) is 1. The van der Waals surface area contributed by atoms with Crippen LogP contribution < -0.4 is 0 Å². The van der Waals surface area contributed by atoms with Crippen molar-refractivity contribution in [2.75, 3.05) is 51.8 Å². The van der Waals surface area contributed by atoms with Crippen molar-refractivity contribution < 1.29 is 4.74 Å². The molecule has 0 aliphatic carbocycles. The molecule has 2 rings (SSSR count). The summed E-state index contributed by atoms with van der Waals surface area (Å²) in [5.41, 5.74) is 0. The van der Waals surface area contributed by atoms with E-state index in [1.807, 2.05) is 0 Å². The number of hydrogen-bond acceptors (Lipinski definition) is 3. The van der Waals surface area contributed by atoms with E-state index in [-0.39, 0.29) is 0 Å². The second kappa shape index (κ2) is 6.80. The largest absolute Gasteiger partial charge is 0.379 e. The first-order valence-electron chi connectivity index (χ1n) is 6.50. The lowest BCUT2D eigenvalue weighted by molar-refractivity contribution is 0.0293. The van der Waals surface area contributed by atoms with Crippen LogP contribution in [0.25, 0.3) is 0 Å². The summed E-state index contributed by atoms with van der Waals surface area (Å²) < 4.78 is 5.36. The highest BCUT2D eigenvalue weighted by atomic mass is 35.5. The number of nitrogens with zero attached hydrogens (tertiary/aromatic N) is 2. The molecule has 1 unspecified atom stereocenters. The molecule has 0 radical (unpaired) electrons. The second-order valence-corrected chi connectivity index (χ2v) is 5.10. The fraction of sp³-hybridized carbons (Fsp3) is 1.00. The standard InChI is InChI=1S/C12H23ClN2O/c13-11-12-3-1-2-4-15(12)6-5-14-7-9-16-10-8-14/h12H,1-11H2. The van der Waals surface area contributed by atoms with Crippen LogP contribution in [-0.2, 0) is 4.74 Å². The second-order valence-electron chi connectivity index (χ2n) is 4.79. The first-order valence-corrected chi connectivity index (χ1v) is 7.03. The van der Waals surface area contributed by atoms with Gasteiger partial charge in [0.05, 0.1) is 13.2 Å². The average molecular weight is 247 g/mol. The number of hydrogen-bond donors (Lipinski definition) is 0. The van der Waals surface area contributed by atoms with Gasteiger partial charge in [0, 0.05) is 38.1 Å². The predicted octanol–water partition coefficient (Wildman–Crippen LogP) is 1.41. The summed E-state index contributed by atoms with van der Waals surface area (Å²) in [5, 5.41) is 0. The number of rotatable bonds is 4. The minimum Gasteiger partial charge on any atom is -0.379 e. The van der Waals surface area contributed by atoms with E-state index in [0.29, 0.717) is 6.04 Å². The van der Waals surface area contributed by atoms with Gasteiger partial charge in [0.15, 0.2) is 0 Å². The molecule has 0 bridgehead atoms. The van der Waals surface area contributed by atoms with Crippen molar-refractivity contribution in [1.29, 1.82) is 0 Å². The zero-order valence-corrected chi connectivity index (χ0v) is 10.8. The Morgan fingerprint density at radius 3 is 2.62 bits per heavy atom. The maximum atomic E-state index is 6.02. The van der Waals surface area contributed by atoms with Crippen LogP contribution in [0.4, 0.5) is 0 Å². The van der Waals surface area contributed by atoms with E-state index in [1.54, 1.807) is 0 Å².